The van der Waals surface area contributed by atoms with E-state index in [1.807, 2.05) is 60.7 Å². The van der Waals surface area contributed by atoms with E-state index in [-0.39, 0.29) is 5.75 Å². The van der Waals surface area contributed by atoms with Crippen molar-refractivity contribution in [3.63, 3.8) is 0 Å². The van der Waals surface area contributed by atoms with Crippen molar-refractivity contribution in [1.82, 2.24) is 0 Å². The first-order valence-corrected chi connectivity index (χ1v) is 10.8. The van der Waals surface area contributed by atoms with Gasteiger partial charge in [-0.25, -0.2) is 8.42 Å². The Kier molecular flexibility index (Phi) is 4.86. The van der Waals surface area contributed by atoms with Crippen molar-refractivity contribution in [3.05, 3.63) is 90.0 Å². The van der Waals surface area contributed by atoms with Crippen LogP contribution >= 0.6 is 0 Å². The minimum absolute atomic E-state index is 0.0677. The molecular formula is C22H22N2O2S. The van der Waals surface area contributed by atoms with Gasteiger partial charge in [0.05, 0.1) is 5.75 Å². The molecule has 0 saturated heterocycles. The van der Waals surface area contributed by atoms with Gasteiger partial charge in [0.15, 0.2) is 0 Å². The van der Waals surface area contributed by atoms with Crippen LogP contribution in [-0.2, 0) is 22.9 Å². The topological polar surface area (TPSA) is 49.4 Å². The number of sulfonamides is 1. The minimum atomic E-state index is -3.38. The fourth-order valence-corrected chi connectivity index (χ4v) is 4.55. The number of aryl methyl sites for hydroxylation is 1. The molecule has 0 amide bonds. The molecular weight excluding hydrogens is 356 g/mol. The standard InChI is InChI=1S/C22H22N2O2S/c25-27(26,17-15-18-6-2-1-3-7-18)23-20-10-12-21(13-11-20)24-16-14-19-8-4-5-9-22(19)24/h1-13,23H,14-17H2. The Morgan fingerprint density at radius 2 is 1.56 bits per heavy atom. The number of hydrogen-bond acceptors (Lipinski definition) is 3. The Bertz CT molecular complexity index is 1020. The van der Waals surface area contributed by atoms with Crippen molar-refractivity contribution in [2.75, 3.05) is 21.9 Å². The van der Waals surface area contributed by atoms with Crippen LogP contribution in [0, 0.1) is 0 Å². The molecule has 4 rings (SSSR count). The zero-order valence-corrected chi connectivity index (χ0v) is 15.8. The summed E-state index contributed by atoms with van der Waals surface area (Å²) in [6.07, 6.45) is 1.53. The van der Waals surface area contributed by atoms with Gasteiger partial charge in [-0.1, -0.05) is 48.5 Å². The summed E-state index contributed by atoms with van der Waals surface area (Å²) >= 11 is 0. The van der Waals surface area contributed by atoms with Crippen LogP contribution in [-0.4, -0.2) is 20.7 Å². The Balaban J connectivity index is 1.42. The van der Waals surface area contributed by atoms with Crippen molar-refractivity contribution < 1.29 is 8.42 Å². The van der Waals surface area contributed by atoms with Gasteiger partial charge in [0.1, 0.15) is 0 Å². The Hall–Kier alpha value is -2.79. The largest absolute Gasteiger partial charge is 0.341 e. The summed E-state index contributed by atoms with van der Waals surface area (Å²) in [5, 5.41) is 0. The highest BCUT2D eigenvalue weighted by Crippen LogP contribution is 2.34. The van der Waals surface area contributed by atoms with Crippen LogP contribution in [0.25, 0.3) is 0 Å². The van der Waals surface area contributed by atoms with Crippen LogP contribution in [0.5, 0.6) is 0 Å². The lowest BCUT2D eigenvalue weighted by Gasteiger charge is -2.20. The fraction of sp³-hybridized carbons (Fsp3) is 0.182. The molecule has 0 bridgehead atoms. The molecule has 0 radical (unpaired) electrons. The number of anilines is 3. The first-order chi connectivity index (χ1) is 13.1. The SMILES string of the molecule is O=S(=O)(CCc1ccccc1)Nc1ccc(N2CCc3ccccc32)cc1. The van der Waals surface area contributed by atoms with Gasteiger partial charge in [0, 0.05) is 23.6 Å². The third kappa shape index (κ3) is 4.14. The molecule has 0 unspecified atom stereocenters. The molecule has 1 N–H and O–H groups in total. The van der Waals surface area contributed by atoms with E-state index in [9.17, 15) is 8.42 Å². The lowest BCUT2D eigenvalue weighted by Crippen LogP contribution is -2.18. The number of hydrogen-bond donors (Lipinski definition) is 1. The highest BCUT2D eigenvalue weighted by Gasteiger charge is 2.19. The van der Waals surface area contributed by atoms with Gasteiger partial charge >= 0.3 is 0 Å². The normalized spacial score (nSPS) is 13.4. The van der Waals surface area contributed by atoms with E-state index in [1.54, 1.807) is 0 Å². The highest BCUT2D eigenvalue weighted by molar-refractivity contribution is 7.92. The maximum Gasteiger partial charge on any atom is 0.233 e. The predicted molar refractivity (Wildman–Crippen MR) is 111 cm³/mol. The fourth-order valence-electron chi connectivity index (χ4n) is 3.44. The molecule has 138 valence electrons. The zero-order valence-electron chi connectivity index (χ0n) is 15.0. The van der Waals surface area contributed by atoms with Gasteiger partial charge in [0.2, 0.25) is 10.0 Å². The van der Waals surface area contributed by atoms with Gasteiger partial charge in [-0.15, -0.1) is 0 Å². The first kappa shape index (κ1) is 17.6. The third-order valence-corrected chi connectivity index (χ3v) is 6.13. The number of nitrogens with one attached hydrogen (secondary N) is 1. The van der Waals surface area contributed by atoms with Crippen LogP contribution in [0.4, 0.5) is 17.1 Å². The van der Waals surface area contributed by atoms with E-state index in [0.29, 0.717) is 12.1 Å². The summed E-state index contributed by atoms with van der Waals surface area (Å²) < 4.78 is 27.4. The average molecular weight is 378 g/mol. The summed E-state index contributed by atoms with van der Waals surface area (Å²) in [6, 6.07) is 25.7. The van der Waals surface area contributed by atoms with Crippen LogP contribution < -0.4 is 9.62 Å². The summed E-state index contributed by atoms with van der Waals surface area (Å²) in [6.45, 7) is 0.946. The van der Waals surface area contributed by atoms with Crippen LogP contribution in [0.2, 0.25) is 0 Å². The molecule has 0 fully saturated rings. The smallest absolute Gasteiger partial charge is 0.233 e. The van der Waals surface area contributed by atoms with Crippen molar-refractivity contribution in [2.24, 2.45) is 0 Å². The monoisotopic (exact) mass is 378 g/mol. The second kappa shape index (κ2) is 7.45. The lowest BCUT2D eigenvalue weighted by atomic mass is 10.2. The zero-order chi connectivity index (χ0) is 18.7. The van der Waals surface area contributed by atoms with Crippen LogP contribution in [0.15, 0.2) is 78.9 Å². The Morgan fingerprint density at radius 3 is 2.33 bits per heavy atom. The number of rotatable bonds is 6. The third-order valence-electron chi connectivity index (χ3n) is 4.84. The first-order valence-electron chi connectivity index (χ1n) is 9.11. The van der Waals surface area contributed by atoms with Gasteiger partial charge < -0.3 is 4.90 Å². The number of fused-ring (bicyclic) bond motifs is 1. The van der Waals surface area contributed by atoms with E-state index < -0.39 is 10.0 Å². The second-order valence-corrected chi connectivity index (χ2v) is 8.58. The summed E-state index contributed by atoms with van der Waals surface area (Å²) in [5.41, 5.74) is 5.27. The molecule has 5 heteroatoms. The molecule has 1 aliphatic rings. The summed E-state index contributed by atoms with van der Waals surface area (Å²) in [4.78, 5) is 2.27. The van der Waals surface area contributed by atoms with Crippen molar-refractivity contribution in [2.45, 2.75) is 12.8 Å². The van der Waals surface area contributed by atoms with Crippen molar-refractivity contribution in [1.29, 1.82) is 0 Å². The summed E-state index contributed by atoms with van der Waals surface area (Å²) in [7, 11) is -3.38. The van der Waals surface area contributed by atoms with Gasteiger partial charge in [-0.2, -0.15) is 0 Å². The predicted octanol–water partition coefficient (Wildman–Crippen LogP) is 4.37. The van der Waals surface area contributed by atoms with Gasteiger partial charge in [-0.05, 0) is 54.3 Å². The number of benzene rings is 3. The average Bonchev–Trinajstić information content (AvgIpc) is 3.12. The van der Waals surface area contributed by atoms with Crippen LogP contribution in [0.1, 0.15) is 11.1 Å². The van der Waals surface area contributed by atoms with E-state index in [0.717, 1.165) is 24.2 Å². The molecule has 1 aliphatic heterocycles. The van der Waals surface area contributed by atoms with Gasteiger partial charge in [0.25, 0.3) is 0 Å². The van der Waals surface area contributed by atoms with Gasteiger partial charge in [-0.3, -0.25) is 4.72 Å². The molecule has 0 spiro atoms. The molecule has 4 nitrogen and oxygen atoms in total. The molecule has 0 saturated carbocycles. The quantitative estimate of drug-likeness (QED) is 0.693. The molecule has 0 aliphatic carbocycles. The number of nitrogens with zero attached hydrogens (tertiary/aromatic N) is 1. The summed E-state index contributed by atoms with van der Waals surface area (Å²) in [5.74, 6) is 0.0677. The molecule has 3 aromatic rings. The molecule has 3 aromatic carbocycles. The Labute approximate surface area is 160 Å². The van der Waals surface area contributed by atoms with E-state index in [4.69, 9.17) is 0 Å². The van der Waals surface area contributed by atoms with E-state index >= 15 is 0 Å². The molecule has 27 heavy (non-hydrogen) atoms. The van der Waals surface area contributed by atoms with E-state index in [2.05, 4.69) is 27.8 Å². The molecule has 1 heterocycles. The number of para-hydroxylation sites is 1. The maximum atomic E-state index is 12.4. The lowest BCUT2D eigenvalue weighted by molar-refractivity contribution is 0.600. The maximum absolute atomic E-state index is 12.4. The van der Waals surface area contributed by atoms with Crippen molar-refractivity contribution in [3.8, 4) is 0 Å². The minimum Gasteiger partial charge on any atom is -0.341 e. The van der Waals surface area contributed by atoms with Crippen molar-refractivity contribution >= 4 is 27.1 Å². The van der Waals surface area contributed by atoms with Crippen LogP contribution in [0.3, 0.4) is 0 Å². The molecule has 0 atom stereocenters. The highest BCUT2D eigenvalue weighted by atomic mass is 32.2. The van der Waals surface area contributed by atoms with E-state index in [1.165, 1.54) is 11.3 Å². The Morgan fingerprint density at radius 1 is 0.852 bits per heavy atom. The second-order valence-electron chi connectivity index (χ2n) is 6.73. The molecule has 0 aromatic heterocycles.